The van der Waals surface area contributed by atoms with Crippen LogP contribution in [-0.2, 0) is 16.0 Å². The highest BCUT2D eigenvalue weighted by Gasteiger charge is 2.36. The molecule has 1 saturated heterocycles. The molecule has 7 heteroatoms. The van der Waals surface area contributed by atoms with Crippen molar-refractivity contribution >= 4 is 23.8 Å². The molecule has 7 nitrogen and oxygen atoms in total. The molecule has 0 saturated carbocycles. The minimum absolute atomic E-state index is 0.0282. The van der Waals surface area contributed by atoms with Crippen molar-refractivity contribution in [2.75, 3.05) is 6.61 Å². The molecule has 1 aliphatic heterocycles. The van der Waals surface area contributed by atoms with E-state index in [0.717, 1.165) is 10.5 Å². The van der Waals surface area contributed by atoms with Gasteiger partial charge in [0.1, 0.15) is 6.61 Å². The van der Waals surface area contributed by atoms with Crippen LogP contribution in [0.1, 0.15) is 11.1 Å². The van der Waals surface area contributed by atoms with E-state index in [9.17, 15) is 19.7 Å². The highest BCUT2D eigenvalue weighted by molar-refractivity contribution is 6.02. The van der Waals surface area contributed by atoms with E-state index in [0.29, 0.717) is 12.0 Å². The number of carbonyl (C=O) groups excluding carboxylic acids is 2. The lowest BCUT2D eigenvalue weighted by molar-refractivity contribution is -0.384. The van der Waals surface area contributed by atoms with Crippen LogP contribution in [0.2, 0.25) is 0 Å². The molecule has 0 aliphatic carbocycles. The van der Waals surface area contributed by atoms with E-state index >= 15 is 0 Å². The molecule has 132 valence electrons. The lowest BCUT2D eigenvalue weighted by Crippen LogP contribution is -2.39. The molecule has 2 aromatic rings. The fourth-order valence-electron chi connectivity index (χ4n) is 2.72. The van der Waals surface area contributed by atoms with Gasteiger partial charge in [0, 0.05) is 18.2 Å². The molecule has 0 aromatic heterocycles. The minimum atomic E-state index is -0.663. The van der Waals surface area contributed by atoms with Crippen LogP contribution in [0.3, 0.4) is 0 Å². The SMILES string of the molecule is O=C(C=Cc1ccc([N+](=O)[O-])cc1)N1C(=O)OC[C@H]1Cc1ccccc1. The average molecular weight is 352 g/mol. The molecule has 2 aromatic carbocycles. The normalized spacial score (nSPS) is 16.7. The van der Waals surface area contributed by atoms with Gasteiger partial charge in [0.2, 0.25) is 0 Å². The summed E-state index contributed by atoms with van der Waals surface area (Å²) in [7, 11) is 0. The number of nitrogens with zero attached hydrogens (tertiary/aromatic N) is 2. The first-order chi connectivity index (χ1) is 12.5. The van der Waals surface area contributed by atoms with E-state index in [-0.39, 0.29) is 18.3 Å². The van der Waals surface area contributed by atoms with Gasteiger partial charge in [-0.3, -0.25) is 14.9 Å². The Kier molecular flexibility index (Phi) is 5.07. The van der Waals surface area contributed by atoms with Gasteiger partial charge >= 0.3 is 6.09 Å². The van der Waals surface area contributed by atoms with E-state index in [1.54, 1.807) is 0 Å². The van der Waals surface area contributed by atoms with Crippen molar-refractivity contribution < 1.29 is 19.2 Å². The molecule has 0 bridgehead atoms. The van der Waals surface area contributed by atoms with Crippen LogP contribution in [0, 0.1) is 10.1 Å². The zero-order valence-corrected chi connectivity index (χ0v) is 13.8. The van der Waals surface area contributed by atoms with Gasteiger partial charge in [-0.15, -0.1) is 0 Å². The molecule has 0 N–H and O–H groups in total. The second-order valence-electron chi connectivity index (χ2n) is 5.81. The number of ether oxygens (including phenoxy) is 1. The van der Waals surface area contributed by atoms with Crippen molar-refractivity contribution in [3.05, 3.63) is 81.9 Å². The second kappa shape index (κ2) is 7.60. The topological polar surface area (TPSA) is 89.8 Å². The summed E-state index contributed by atoms with van der Waals surface area (Å²) < 4.78 is 5.02. The molecule has 2 amide bonds. The van der Waals surface area contributed by atoms with E-state index in [4.69, 9.17) is 4.74 Å². The maximum Gasteiger partial charge on any atom is 0.417 e. The Morgan fingerprint density at radius 2 is 1.88 bits per heavy atom. The Morgan fingerprint density at radius 1 is 1.19 bits per heavy atom. The monoisotopic (exact) mass is 352 g/mol. The molecule has 1 fully saturated rings. The standard InChI is InChI=1S/C19H16N2O5/c22-18(11-8-14-6-9-16(10-7-14)21(24)25)20-17(13-26-19(20)23)12-15-4-2-1-3-5-15/h1-11,17H,12-13H2/t17-/m1/s1. The molecular formula is C19H16N2O5. The number of benzene rings is 2. The maximum absolute atomic E-state index is 12.4. The molecule has 0 unspecified atom stereocenters. The summed E-state index contributed by atoms with van der Waals surface area (Å²) in [5, 5.41) is 10.6. The average Bonchev–Trinajstić information content (AvgIpc) is 3.01. The highest BCUT2D eigenvalue weighted by Crippen LogP contribution is 2.19. The van der Waals surface area contributed by atoms with Gasteiger partial charge in [-0.05, 0) is 35.8 Å². The Balaban J connectivity index is 1.70. The molecule has 0 radical (unpaired) electrons. The molecule has 1 atom stereocenters. The number of hydrogen-bond donors (Lipinski definition) is 0. The maximum atomic E-state index is 12.4. The molecule has 1 heterocycles. The zero-order chi connectivity index (χ0) is 18.5. The number of nitro groups is 1. The highest BCUT2D eigenvalue weighted by atomic mass is 16.6. The Morgan fingerprint density at radius 3 is 2.54 bits per heavy atom. The number of carbonyl (C=O) groups is 2. The van der Waals surface area contributed by atoms with E-state index in [1.807, 2.05) is 30.3 Å². The van der Waals surface area contributed by atoms with Crippen molar-refractivity contribution in [2.24, 2.45) is 0 Å². The Hall–Kier alpha value is -3.48. The predicted molar refractivity (Wildman–Crippen MR) is 94.3 cm³/mol. The van der Waals surface area contributed by atoms with Crippen LogP contribution in [0.4, 0.5) is 10.5 Å². The van der Waals surface area contributed by atoms with Gasteiger partial charge in [0.25, 0.3) is 11.6 Å². The number of rotatable bonds is 5. The second-order valence-corrected chi connectivity index (χ2v) is 5.81. The van der Waals surface area contributed by atoms with Crippen molar-refractivity contribution in [1.29, 1.82) is 0 Å². The third kappa shape index (κ3) is 3.94. The number of imide groups is 1. The van der Waals surface area contributed by atoms with Gasteiger partial charge in [-0.1, -0.05) is 30.3 Å². The number of hydrogen-bond acceptors (Lipinski definition) is 5. The number of amides is 2. The van der Waals surface area contributed by atoms with Gasteiger partial charge in [0.05, 0.1) is 11.0 Å². The quantitative estimate of drug-likeness (QED) is 0.468. The Bertz CT molecular complexity index is 846. The minimum Gasteiger partial charge on any atom is -0.447 e. The molecule has 3 rings (SSSR count). The number of cyclic esters (lactones) is 1. The summed E-state index contributed by atoms with van der Waals surface area (Å²) in [4.78, 5) is 35.6. The van der Waals surface area contributed by atoms with E-state index in [1.165, 1.54) is 36.4 Å². The van der Waals surface area contributed by atoms with E-state index in [2.05, 4.69) is 0 Å². The van der Waals surface area contributed by atoms with E-state index < -0.39 is 16.9 Å². The smallest absolute Gasteiger partial charge is 0.417 e. The van der Waals surface area contributed by atoms with Crippen LogP contribution in [0.15, 0.2) is 60.7 Å². The fraction of sp³-hybridized carbons (Fsp3) is 0.158. The number of nitro benzene ring substituents is 1. The van der Waals surface area contributed by atoms with Crippen molar-refractivity contribution in [2.45, 2.75) is 12.5 Å². The van der Waals surface area contributed by atoms with Gasteiger partial charge in [0.15, 0.2) is 0 Å². The predicted octanol–water partition coefficient (Wildman–Crippen LogP) is 3.20. The molecule has 0 spiro atoms. The van der Waals surface area contributed by atoms with Crippen molar-refractivity contribution in [3.8, 4) is 0 Å². The van der Waals surface area contributed by atoms with Crippen molar-refractivity contribution in [3.63, 3.8) is 0 Å². The summed E-state index contributed by atoms with van der Waals surface area (Å²) in [6.45, 7) is 0.158. The molecular weight excluding hydrogens is 336 g/mol. The largest absolute Gasteiger partial charge is 0.447 e. The zero-order valence-electron chi connectivity index (χ0n) is 13.8. The van der Waals surface area contributed by atoms with Gasteiger partial charge in [-0.25, -0.2) is 9.69 Å². The summed E-state index contributed by atoms with van der Waals surface area (Å²) in [6, 6.07) is 15.0. The summed E-state index contributed by atoms with van der Waals surface area (Å²) in [5.74, 6) is -0.480. The summed E-state index contributed by atoms with van der Waals surface area (Å²) >= 11 is 0. The summed E-state index contributed by atoms with van der Waals surface area (Å²) in [6.07, 6.45) is 2.64. The third-order valence-corrected chi connectivity index (χ3v) is 4.03. The lowest BCUT2D eigenvalue weighted by Gasteiger charge is -2.18. The van der Waals surface area contributed by atoms with Crippen LogP contribution >= 0.6 is 0 Å². The van der Waals surface area contributed by atoms with Crippen LogP contribution in [-0.4, -0.2) is 34.5 Å². The van der Waals surface area contributed by atoms with Gasteiger partial charge in [-0.2, -0.15) is 0 Å². The Labute approximate surface area is 149 Å². The number of non-ortho nitro benzene ring substituents is 1. The molecule has 26 heavy (non-hydrogen) atoms. The summed E-state index contributed by atoms with van der Waals surface area (Å²) in [5.41, 5.74) is 1.60. The van der Waals surface area contributed by atoms with Crippen molar-refractivity contribution in [1.82, 2.24) is 4.90 Å². The first-order valence-electron chi connectivity index (χ1n) is 8.01. The van der Waals surface area contributed by atoms with Crippen LogP contribution in [0.25, 0.3) is 6.08 Å². The van der Waals surface area contributed by atoms with Crippen LogP contribution in [0.5, 0.6) is 0 Å². The first-order valence-corrected chi connectivity index (χ1v) is 8.01. The van der Waals surface area contributed by atoms with Gasteiger partial charge < -0.3 is 4.74 Å². The van der Waals surface area contributed by atoms with Crippen LogP contribution < -0.4 is 0 Å². The first kappa shape index (κ1) is 17.3. The molecule has 1 aliphatic rings. The lowest BCUT2D eigenvalue weighted by atomic mass is 10.1. The third-order valence-electron chi connectivity index (χ3n) is 4.03. The fourth-order valence-corrected chi connectivity index (χ4v) is 2.72.